The van der Waals surface area contributed by atoms with Gasteiger partial charge in [0.05, 0.1) is 26.4 Å². The van der Waals surface area contributed by atoms with Crippen LogP contribution < -0.4 is 5.32 Å². The van der Waals surface area contributed by atoms with Crippen molar-refractivity contribution in [3.05, 3.63) is 0 Å². The van der Waals surface area contributed by atoms with Crippen LogP contribution >= 0.6 is 0 Å². The van der Waals surface area contributed by atoms with Gasteiger partial charge in [-0.05, 0) is 31.8 Å². The van der Waals surface area contributed by atoms with Crippen molar-refractivity contribution in [2.24, 2.45) is 5.92 Å². The van der Waals surface area contributed by atoms with Crippen LogP contribution in [0.3, 0.4) is 0 Å². The Morgan fingerprint density at radius 1 is 1.42 bits per heavy atom. The standard InChI is InChI=1S/C13H26N2O4/c1-18-7-8-19-6-5-15-4-2-3-12(11-15)9-14-10-13(16)17/h12,14H,2-11H2,1H3,(H,16,17). The summed E-state index contributed by atoms with van der Waals surface area (Å²) in [7, 11) is 1.67. The molecule has 0 spiro atoms. The first-order chi connectivity index (χ1) is 9.22. The molecule has 19 heavy (non-hydrogen) atoms. The molecule has 0 aromatic heterocycles. The predicted octanol–water partition coefficient (Wildman–Crippen LogP) is 0.0356. The summed E-state index contributed by atoms with van der Waals surface area (Å²) in [5.41, 5.74) is 0. The van der Waals surface area contributed by atoms with Gasteiger partial charge in [0.25, 0.3) is 0 Å². The lowest BCUT2D eigenvalue weighted by atomic mass is 9.98. The third-order valence-corrected chi connectivity index (χ3v) is 3.30. The molecule has 1 rings (SSSR count). The molecule has 0 aliphatic carbocycles. The number of hydrogen-bond donors (Lipinski definition) is 2. The van der Waals surface area contributed by atoms with Crippen LogP contribution in [0.2, 0.25) is 0 Å². The number of nitrogens with one attached hydrogen (secondary N) is 1. The smallest absolute Gasteiger partial charge is 0.317 e. The van der Waals surface area contributed by atoms with Crippen molar-refractivity contribution < 1.29 is 19.4 Å². The molecule has 1 saturated heterocycles. The number of carboxylic acid groups (broad SMARTS) is 1. The first kappa shape index (κ1) is 16.4. The van der Waals surface area contributed by atoms with Gasteiger partial charge in [0.2, 0.25) is 0 Å². The molecule has 0 bridgehead atoms. The van der Waals surface area contributed by atoms with Crippen LogP contribution in [0.25, 0.3) is 0 Å². The maximum atomic E-state index is 10.4. The molecule has 0 saturated carbocycles. The molecule has 1 fully saturated rings. The molecule has 1 aliphatic heterocycles. The summed E-state index contributed by atoms with van der Waals surface area (Å²) in [5, 5.41) is 11.6. The molecule has 0 amide bonds. The van der Waals surface area contributed by atoms with E-state index in [4.69, 9.17) is 14.6 Å². The van der Waals surface area contributed by atoms with E-state index in [0.717, 1.165) is 32.8 Å². The van der Waals surface area contributed by atoms with Crippen LogP contribution in [0.4, 0.5) is 0 Å². The minimum absolute atomic E-state index is 0.0522. The highest BCUT2D eigenvalue weighted by molar-refractivity contribution is 5.68. The minimum atomic E-state index is -0.792. The second kappa shape index (κ2) is 10.1. The molecule has 0 radical (unpaired) electrons. The number of carbonyl (C=O) groups is 1. The van der Waals surface area contributed by atoms with E-state index in [1.165, 1.54) is 12.8 Å². The average Bonchev–Trinajstić information content (AvgIpc) is 2.39. The SMILES string of the molecule is COCCOCCN1CCCC(CNCC(=O)O)C1. The Kier molecular flexibility index (Phi) is 8.73. The Labute approximate surface area is 115 Å². The molecule has 1 unspecified atom stereocenters. The van der Waals surface area contributed by atoms with Gasteiger partial charge in [0, 0.05) is 20.2 Å². The summed E-state index contributed by atoms with van der Waals surface area (Å²) in [5.74, 6) is -0.244. The summed E-state index contributed by atoms with van der Waals surface area (Å²) < 4.78 is 10.4. The highest BCUT2D eigenvalue weighted by atomic mass is 16.5. The number of methoxy groups -OCH3 is 1. The highest BCUT2D eigenvalue weighted by Gasteiger charge is 2.19. The van der Waals surface area contributed by atoms with Crippen molar-refractivity contribution in [3.8, 4) is 0 Å². The number of piperidine rings is 1. The Balaban J connectivity index is 2.06. The molecule has 6 nitrogen and oxygen atoms in total. The fourth-order valence-electron chi connectivity index (χ4n) is 2.34. The first-order valence-electron chi connectivity index (χ1n) is 6.94. The largest absolute Gasteiger partial charge is 0.480 e. The van der Waals surface area contributed by atoms with E-state index in [0.29, 0.717) is 19.1 Å². The van der Waals surface area contributed by atoms with Crippen LogP contribution in [-0.2, 0) is 14.3 Å². The number of aliphatic carboxylic acids is 1. The summed E-state index contributed by atoms with van der Waals surface area (Å²) >= 11 is 0. The molecule has 1 aliphatic rings. The molecule has 1 heterocycles. The molecular weight excluding hydrogens is 248 g/mol. The number of nitrogens with zero attached hydrogens (tertiary/aromatic N) is 1. The lowest BCUT2D eigenvalue weighted by Crippen LogP contribution is -2.41. The molecule has 6 heteroatoms. The molecule has 1 atom stereocenters. The number of ether oxygens (including phenoxy) is 2. The summed E-state index contributed by atoms with van der Waals surface area (Å²) in [6, 6.07) is 0. The van der Waals surface area contributed by atoms with Crippen molar-refractivity contribution in [2.45, 2.75) is 12.8 Å². The van der Waals surface area contributed by atoms with Crippen molar-refractivity contribution in [2.75, 3.05) is 59.7 Å². The molecule has 0 aromatic carbocycles. The van der Waals surface area contributed by atoms with Crippen LogP contribution in [-0.4, -0.2) is 75.6 Å². The fourth-order valence-corrected chi connectivity index (χ4v) is 2.34. The lowest BCUT2D eigenvalue weighted by molar-refractivity contribution is -0.136. The van der Waals surface area contributed by atoms with Crippen LogP contribution in [0.1, 0.15) is 12.8 Å². The Morgan fingerprint density at radius 3 is 3.00 bits per heavy atom. The monoisotopic (exact) mass is 274 g/mol. The Morgan fingerprint density at radius 2 is 2.26 bits per heavy atom. The first-order valence-corrected chi connectivity index (χ1v) is 6.94. The lowest BCUT2D eigenvalue weighted by Gasteiger charge is -2.32. The van der Waals surface area contributed by atoms with Crippen LogP contribution in [0.15, 0.2) is 0 Å². The average molecular weight is 274 g/mol. The number of likely N-dealkylation sites (tertiary alicyclic amines) is 1. The summed E-state index contributed by atoms with van der Waals surface area (Å²) in [6.07, 6.45) is 2.35. The number of rotatable bonds is 10. The second-order valence-electron chi connectivity index (χ2n) is 4.94. The summed E-state index contributed by atoms with van der Waals surface area (Å²) in [6.45, 7) is 5.95. The molecular formula is C13H26N2O4. The maximum Gasteiger partial charge on any atom is 0.317 e. The zero-order valence-electron chi connectivity index (χ0n) is 11.8. The van der Waals surface area contributed by atoms with Gasteiger partial charge in [-0.3, -0.25) is 4.79 Å². The predicted molar refractivity (Wildman–Crippen MR) is 72.4 cm³/mol. The van der Waals surface area contributed by atoms with Crippen molar-refractivity contribution >= 4 is 5.97 Å². The van der Waals surface area contributed by atoms with Crippen molar-refractivity contribution in [3.63, 3.8) is 0 Å². The minimum Gasteiger partial charge on any atom is -0.480 e. The van der Waals surface area contributed by atoms with E-state index in [2.05, 4.69) is 10.2 Å². The quantitative estimate of drug-likeness (QED) is 0.548. The number of hydrogen-bond acceptors (Lipinski definition) is 5. The zero-order valence-corrected chi connectivity index (χ0v) is 11.8. The zero-order chi connectivity index (χ0) is 13.9. The molecule has 112 valence electrons. The van der Waals surface area contributed by atoms with E-state index < -0.39 is 5.97 Å². The van der Waals surface area contributed by atoms with Gasteiger partial charge in [-0.1, -0.05) is 0 Å². The van der Waals surface area contributed by atoms with Crippen molar-refractivity contribution in [1.82, 2.24) is 10.2 Å². The van der Waals surface area contributed by atoms with E-state index in [-0.39, 0.29) is 6.54 Å². The van der Waals surface area contributed by atoms with E-state index >= 15 is 0 Å². The van der Waals surface area contributed by atoms with Gasteiger partial charge in [0.1, 0.15) is 0 Å². The number of carboxylic acids is 1. The maximum absolute atomic E-state index is 10.4. The van der Waals surface area contributed by atoms with E-state index in [1.807, 2.05) is 0 Å². The second-order valence-corrected chi connectivity index (χ2v) is 4.94. The third-order valence-electron chi connectivity index (χ3n) is 3.30. The third kappa shape index (κ3) is 8.15. The van der Waals surface area contributed by atoms with Gasteiger partial charge in [-0.15, -0.1) is 0 Å². The normalized spacial score (nSPS) is 20.6. The van der Waals surface area contributed by atoms with Gasteiger partial charge < -0.3 is 24.8 Å². The molecule has 2 N–H and O–H groups in total. The highest BCUT2D eigenvalue weighted by Crippen LogP contribution is 2.15. The topological polar surface area (TPSA) is 71.0 Å². The van der Waals surface area contributed by atoms with E-state index in [1.54, 1.807) is 7.11 Å². The molecule has 0 aromatic rings. The van der Waals surface area contributed by atoms with Gasteiger partial charge >= 0.3 is 5.97 Å². The van der Waals surface area contributed by atoms with Gasteiger partial charge in [-0.2, -0.15) is 0 Å². The Hall–Kier alpha value is -0.690. The van der Waals surface area contributed by atoms with Gasteiger partial charge in [-0.25, -0.2) is 0 Å². The van der Waals surface area contributed by atoms with Crippen LogP contribution in [0.5, 0.6) is 0 Å². The van der Waals surface area contributed by atoms with Crippen molar-refractivity contribution in [1.29, 1.82) is 0 Å². The van der Waals surface area contributed by atoms with E-state index in [9.17, 15) is 4.79 Å². The van der Waals surface area contributed by atoms with Gasteiger partial charge in [0.15, 0.2) is 0 Å². The van der Waals surface area contributed by atoms with Crippen LogP contribution in [0, 0.1) is 5.92 Å². The Bertz CT molecular complexity index is 251. The fraction of sp³-hybridized carbons (Fsp3) is 0.923. The summed E-state index contributed by atoms with van der Waals surface area (Å²) in [4.78, 5) is 12.8.